The van der Waals surface area contributed by atoms with E-state index in [1.165, 1.54) is 0 Å². The van der Waals surface area contributed by atoms with Crippen molar-refractivity contribution in [1.29, 1.82) is 0 Å². The Balaban J connectivity index is 3.25. The predicted molar refractivity (Wildman–Crippen MR) is 91.0 cm³/mol. The van der Waals surface area contributed by atoms with Crippen LogP contribution in [0.3, 0.4) is 0 Å². The van der Waals surface area contributed by atoms with Gasteiger partial charge in [0.2, 0.25) is 15.9 Å². The van der Waals surface area contributed by atoms with Crippen LogP contribution in [0.1, 0.15) is 31.9 Å². The third-order valence-electron chi connectivity index (χ3n) is 2.85. The number of amides is 1. The van der Waals surface area contributed by atoms with Crippen LogP contribution in [0.15, 0.2) is 12.1 Å². The van der Waals surface area contributed by atoms with Crippen molar-refractivity contribution in [3.63, 3.8) is 0 Å². The van der Waals surface area contributed by atoms with E-state index in [9.17, 15) is 13.2 Å². The van der Waals surface area contributed by atoms with Gasteiger partial charge in [0.05, 0.1) is 17.0 Å². The standard InChI is InChI=1S/C15H23ClN2O3S/c1-10-7-11(2)14(12(16)8-10)18(22(6,20)21)9-13(19)17-15(3,4)5/h7-8H,9H2,1-6H3,(H,17,19). The molecule has 0 aliphatic heterocycles. The zero-order valence-electron chi connectivity index (χ0n) is 13.8. The molecule has 1 N–H and O–H groups in total. The highest BCUT2D eigenvalue weighted by Gasteiger charge is 2.26. The monoisotopic (exact) mass is 346 g/mol. The van der Waals surface area contributed by atoms with E-state index in [1.54, 1.807) is 13.0 Å². The number of hydrogen-bond acceptors (Lipinski definition) is 3. The van der Waals surface area contributed by atoms with E-state index in [0.29, 0.717) is 16.3 Å². The molecule has 1 amide bonds. The summed E-state index contributed by atoms with van der Waals surface area (Å²) >= 11 is 6.21. The van der Waals surface area contributed by atoms with Crippen molar-refractivity contribution in [2.24, 2.45) is 0 Å². The summed E-state index contributed by atoms with van der Waals surface area (Å²) in [6, 6.07) is 3.52. The first-order valence-corrected chi connectivity index (χ1v) is 9.09. The fourth-order valence-electron chi connectivity index (χ4n) is 2.17. The molecule has 7 heteroatoms. The van der Waals surface area contributed by atoms with Crippen LogP contribution >= 0.6 is 11.6 Å². The summed E-state index contributed by atoms with van der Waals surface area (Å²) in [5.41, 5.74) is 1.54. The van der Waals surface area contributed by atoms with Gasteiger partial charge in [-0.05, 0) is 51.8 Å². The van der Waals surface area contributed by atoms with Crippen LogP contribution in [0.2, 0.25) is 5.02 Å². The van der Waals surface area contributed by atoms with Gasteiger partial charge in [-0.1, -0.05) is 17.7 Å². The molecule has 124 valence electrons. The Morgan fingerprint density at radius 1 is 1.27 bits per heavy atom. The minimum atomic E-state index is -3.64. The molecule has 5 nitrogen and oxygen atoms in total. The maximum absolute atomic E-state index is 12.1. The Kier molecular flexibility index (Phi) is 5.51. The first-order chi connectivity index (χ1) is 9.81. The van der Waals surface area contributed by atoms with Gasteiger partial charge < -0.3 is 5.32 Å². The van der Waals surface area contributed by atoms with Crippen LogP contribution in [0.5, 0.6) is 0 Å². The second-order valence-corrected chi connectivity index (χ2v) is 8.79. The molecule has 0 fully saturated rings. The van der Waals surface area contributed by atoms with Gasteiger partial charge in [0.25, 0.3) is 0 Å². The number of nitrogens with zero attached hydrogens (tertiary/aromatic N) is 1. The van der Waals surface area contributed by atoms with Crippen molar-refractivity contribution in [1.82, 2.24) is 5.32 Å². The van der Waals surface area contributed by atoms with E-state index in [4.69, 9.17) is 11.6 Å². The van der Waals surface area contributed by atoms with E-state index < -0.39 is 15.6 Å². The molecule has 0 saturated heterocycles. The number of anilines is 1. The van der Waals surface area contributed by atoms with Gasteiger partial charge in [-0.15, -0.1) is 0 Å². The Bertz CT molecular complexity index is 656. The van der Waals surface area contributed by atoms with Crippen LogP contribution in [0.25, 0.3) is 0 Å². The van der Waals surface area contributed by atoms with Crippen molar-refractivity contribution in [2.75, 3.05) is 17.1 Å². The van der Waals surface area contributed by atoms with Crippen molar-refractivity contribution < 1.29 is 13.2 Å². The minimum Gasteiger partial charge on any atom is -0.350 e. The maximum atomic E-state index is 12.1. The number of nitrogens with one attached hydrogen (secondary N) is 1. The SMILES string of the molecule is Cc1cc(C)c(N(CC(=O)NC(C)(C)C)S(C)(=O)=O)c(Cl)c1. The molecule has 0 aliphatic rings. The Labute approximate surface area is 137 Å². The molecule has 0 spiro atoms. The van der Waals surface area contributed by atoms with E-state index in [1.807, 2.05) is 33.8 Å². The first kappa shape index (κ1) is 18.8. The number of carbonyl (C=O) groups is 1. The van der Waals surface area contributed by atoms with Gasteiger partial charge in [-0.25, -0.2) is 8.42 Å². The molecule has 0 aromatic heterocycles. The summed E-state index contributed by atoms with van der Waals surface area (Å²) in [6.07, 6.45) is 1.06. The van der Waals surface area contributed by atoms with Crippen LogP contribution in [0, 0.1) is 13.8 Å². The van der Waals surface area contributed by atoms with Crippen molar-refractivity contribution in [2.45, 2.75) is 40.2 Å². The van der Waals surface area contributed by atoms with Gasteiger partial charge in [-0.2, -0.15) is 0 Å². The van der Waals surface area contributed by atoms with E-state index >= 15 is 0 Å². The molecule has 1 aromatic rings. The lowest BCUT2D eigenvalue weighted by atomic mass is 10.1. The summed E-state index contributed by atoms with van der Waals surface area (Å²) < 4.78 is 25.3. The van der Waals surface area contributed by atoms with Gasteiger partial charge in [0, 0.05) is 5.54 Å². The molecule has 0 atom stereocenters. The van der Waals surface area contributed by atoms with Crippen molar-refractivity contribution in [3.8, 4) is 0 Å². The molecule has 0 unspecified atom stereocenters. The fraction of sp³-hybridized carbons (Fsp3) is 0.533. The quantitative estimate of drug-likeness (QED) is 0.911. The number of carbonyl (C=O) groups excluding carboxylic acids is 1. The van der Waals surface area contributed by atoms with E-state index in [0.717, 1.165) is 16.1 Å². The highest BCUT2D eigenvalue weighted by atomic mass is 35.5. The van der Waals surface area contributed by atoms with Crippen LogP contribution in [-0.4, -0.2) is 32.7 Å². The summed E-state index contributed by atoms with van der Waals surface area (Å²) in [5, 5.41) is 3.07. The summed E-state index contributed by atoms with van der Waals surface area (Å²) in [5.74, 6) is -0.381. The lowest BCUT2D eigenvalue weighted by molar-refractivity contribution is -0.121. The fourth-order valence-corrected chi connectivity index (χ4v) is 3.57. The summed E-state index contributed by atoms with van der Waals surface area (Å²) in [6.45, 7) is 8.84. The second-order valence-electron chi connectivity index (χ2n) is 6.48. The lowest BCUT2D eigenvalue weighted by Crippen LogP contribution is -2.47. The third-order valence-corrected chi connectivity index (χ3v) is 4.25. The molecule has 0 aliphatic carbocycles. The van der Waals surface area contributed by atoms with E-state index in [2.05, 4.69) is 5.32 Å². The Morgan fingerprint density at radius 3 is 2.23 bits per heavy atom. The molecule has 1 rings (SSSR count). The first-order valence-electron chi connectivity index (χ1n) is 6.87. The van der Waals surface area contributed by atoms with Crippen LogP contribution < -0.4 is 9.62 Å². The lowest BCUT2D eigenvalue weighted by Gasteiger charge is -2.27. The average Bonchev–Trinajstić information content (AvgIpc) is 2.21. The number of halogens is 1. The largest absolute Gasteiger partial charge is 0.350 e. The molecule has 0 bridgehead atoms. The van der Waals surface area contributed by atoms with Gasteiger partial charge >= 0.3 is 0 Å². The Hall–Kier alpha value is -1.27. The number of rotatable bonds is 4. The van der Waals surface area contributed by atoms with Gasteiger partial charge in [0.15, 0.2) is 0 Å². The molecular formula is C15H23ClN2O3S. The molecule has 22 heavy (non-hydrogen) atoms. The van der Waals surface area contributed by atoms with Gasteiger partial charge in [0.1, 0.15) is 6.54 Å². The molecule has 0 saturated carbocycles. The maximum Gasteiger partial charge on any atom is 0.241 e. The summed E-state index contributed by atoms with van der Waals surface area (Å²) in [7, 11) is -3.64. The van der Waals surface area contributed by atoms with Crippen LogP contribution in [-0.2, 0) is 14.8 Å². The smallest absolute Gasteiger partial charge is 0.241 e. The predicted octanol–water partition coefficient (Wildman–Crippen LogP) is 2.64. The number of aryl methyl sites for hydroxylation is 2. The highest BCUT2D eigenvalue weighted by Crippen LogP contribution is 2.32. The number of sulfonamides is 1. The number of hydrogen-bond donors (Lipinski definition) is 1. The average molecular weight is 347 g/mol. The van der Waals surface area contributed by atoms with Crippen molar-refractivity contribution in [3.05, 3.63) is 28.3 Å². The second kappa shape index (κ2) is 6.46. The van der Waals surface area contributed by atoms with Gasteiger partial charge in [-0.3, -0.25) is 9.10 Å². The Morgan fingerprint density at radius 2 is 1.82 bits per heavy atom. The molecule has 0 radical (unpaired) electrons. The van der Waals surface area contributed by atoms with E-state index in [-0.39, 0.29) is 12.5 Å². The highest BCUT2D eigenvalue weighted by molar-refractivity contribution is 7.92. The molecule has 0 heterocycles. The zero-order valence-corrected chi connectivity index (χ0v) is 15.4. The molecular weight excluding hydrogens is 324 g/mol. The minimum absolute atomic E-state index is 0.306. The number of benzene rings is 1. The van der Waals surface area contributed by atoms with Crippen molar-refractivity contribution >= 4 is 33.2 Å². The summed E-state index contributed by atoms with van der Waals surface area (Å²) in [4.78, 5) is 12.1. The zero-order chi connectivity index (χ0) is 17.3. The third kappa shape index (κ3) is 5.18. The normalized spacial score (nSPS) is 12.1. The van der Waals surface area contributed by atoms with Crippen LogP contribution in [0.4, 0.5) is 5.69 Å². The molecule has 1 aromatic carbocycles. The topological polar surface area (TPSA) is 66.5 Å².